The average Bonchev–Trinajstić information content (AvgIpc) is 2.68. The zero-order chi connectivity index (χ0) is 9.80. The van der Waals surface area contributed by atoms with Crippen molar-refractivity contribution in [3.8, 4) is 11.4 Å². The van der Waals surface area contributed by atoms with Crippen LogP contribution in [-0.4, -0.2) is 22.2 Å². The van der Waals surface area contributed by atoms with E-state index in [1.807, 2.05) is 30.3 Å². The van der Waals surface area contributed by atoms with Gasteiger partial charge in [0.25, 0.3) is 0 Å². The van der Waals surface area contributed by atoms with Crippen LogP contribution in [0.4, 0.5) is 0 Å². The Balaban J connectivity index is 0.00000112. The highest BCUT2D eigenvalue weighted by Gasteiger charge is 2.06. The summed E-state index contributed by atoms with van der Waals surface area (Å²) < 4.78 is 5.02. The van der Waals surface area contributed by atoms with E-state index in [9.17, 15) is 0 Å². The van der Waals surface area contributed by atoms with Gasteiger partial charge in [0.05, 0.1) is 0 Å². The molecule has 16 heavy (non-hydrogen) atoms. The maximum absolute atomic E-state index is 5.38. The van der Waals surface area contributed by atoms with Crippen molar-refractivity contribution in [2.75, 3.05) is 6.54 Å². The summed E-state index contributed by atoms with van der Waals surface area (Å²) in [6.45, 7) is 0.524. The van der Waals surface area contributed by atoms with Crippen LogP contribution in [0.15, 0.2) is 34.9 Å². The first-order valence-corrected chi connectivity index (χ1v) is 4.48. The molecular formula is C10H14ClN3O2. The van der Waals surface area contributed by atoms with Gasteiger partial charge in [-0.3, -0.25) is 0 Å². The molecule has 0 aliphatic rings. The van der Waals surface area contributed by atoms with Crippen molar-refractivity contribution in [2.45, 2.75) is 6.42 Å². The van der Waals surface area contributed by atoms with Crippen LogP contribution in [0.3, 0.4) is 0 Å². The zero-order valence-corrected chi connectivity index (χ0v) is 9.41. The molecule has 0 saturated carbocycles. The van der Waals surface area contributed by atoms with Gasteiger partial charge in [0, 0.05) is 18.5 Å². The highest BCUT2D eigenvalue weighted by Crippen LogP contribution is 2.14. The van der Waals surface area contributed by atoms with Gasteiger partial charge in [0.1, 0.15) is 0 Å². The van der Waals surface area contributed by atoms with Crippen molar-refractivity contribution < 1.29 is 10.00 Å². The summed E-state index contributed by atoms with van der Waals surface area (Å²) >= 11 is 0. The minimum atomic E-state index is 0. The van der Waals surface area contributed by atoms with Crippen molar-refractivity contribution >= 4 is 12.4 Å². The first kappa shape index (κ1) is 14.6. The van der Waals surface area contributed by atoms with Crippen LogP contribution in [0.25, 0.3) is 11.4 Å². The lowest BCUT2D eigenvalue weighted by Crippen LogP contribution is -2.02. The summed E-state index contributed by atoms with van der Waals surface area (Å²) in [6, 6.07) is 9.71. The maximum atomic E-state index is 5.38. The summed E-state index contributed by atoms with van der Waals surface area (Å²) in [5.41, 5.74) is 6.34. The van der Waals surface area contributed by atoms with E-state index in [1.165, 1.54) is 0 Å². The van der Waals surface area contributed by atoms with Crippen molar-refractivity contribution in [2.24, 2.45) is 5.73 Å². The number of nitrogens with two attached hydrogens (primary N) is 1. The van der Waals surface area contributed by atoms with Crippen LogP contribution >= 0.6 is 12.4 Å². The number of hydrogen-bond acceptors (Lipinski definition) is 4. The SMILES string of the molecule is Cl.NCCc1nc(-c2ccccc2)no1.O. The molecule has 0 aliphatic heterocycles. The lowest BCUT2D eigenvalue weighted by atomic mass is 10.2. The molecule has 0 unspecified atom stereocenters. The molecule has 5 nitrogen and oxygen atoms in total. The van der Waals surface area contributed by atoms with E-state index in [4.69, 9.17) is 10.3 Å². The number of aromatic nitrogens is 2. The fraction of sp³-hybridized carbons (Fsp3) is 0.200. The third-order valence-corrected chi connectivity index (χ3v) is 1.86. The molecule has 0 aliphatic carbocycles. The number of nitrogens with zero attached hydrogens (tertiary/aromatic N) is 2. The molecule has 0 spiro atoms. The van der Waals surface area contributed by atoms with E-state index in [-0.39, 0.29) is 17.9 Å². The molecule has 0 fully saturated rings. The van der Waals surface area contributed by atoms with E-state index < -0.39 is 0 Å². The van der Waals surface area contributed by atoms with Gasteiger partial charge in [-0.2, -0.15) is 4.98 Å². The van der Waals surface area contributed by atoms with Crippen molar-refractivity contribution in [3.05, 3.63) is 36.2 Å². The Morgan fingerprint density at radius 1 is 1.19 bits per heavy atom. The maximum Gasteiger partial charge on any atom is 0.228 e. The van der Waals surface area contributed by atoms with E-state index >= 15 is 0 Å². The van der Waals surface area contributed by atoms with Crippen LogP contribution in [0, 0.1) is 0 Å². The average molecular weight is 244 g/mol. The molecule has 0 amide bonds. The Kier molecular flexibility index (Phi) is 6.32. The van der Waals surface area contributed by atoms with Crippen LogP contribution in [0.2, 0.25) is 0 Å². The molecule has 0 bridgehead atoms. The Hall–Kier alpha value is -1.43. The second-order valence-corrected chi connectivity index (χ2v) is 2.92. The third kappa shape index (κ3) is 3.30. The van der Waals surface area contributed by atoms with Gasteiger partial charge in [0.15, 0.2) is 0 Å². The molecule has 4 N–H and O–H groups in total. The molecule has 1 heterocycles. The summed E-state index contributed by atoms with van der Waals surface area (Å²) in [7, 11) is 0. The molecule has 0 radical (unpaired) electrons. The lowest BCUT2D eigenvalue weighted by molar-refractivity contribution is 0.380. The second-order valence-electron chi connectivity index (χ2n) is 2.92. The van der Waals surface area contributed by atoms with Crippen molar-refractivity contribution in [3.63, 3.8) is 0 Å². The highest BCUT2D eigenvalue weighted by atomic mass is 35.5. The van der Waals surface area contributed by atoms with Gasteiger partial charge < -0.3 is 15.7 Å². The molecule has 88 valence electrons. The van der Waals surface area contributed by atoms with Gasteiger partial charge in [0.2, 0.25) is 11.7 Å². The number of rotatable bonds is 3. The van der Waals surface area contributed by atoms with Gasteiger partial charge in [-0.15, -0.1) is 12.4 Å². The van der Waals surface area contributed by atoms with Crippen molar-refractivity contribution in [1.29, 1.82) is 0 Å². The number of halogens is 1. The normalized spacial score (nSPS) is 9.06. The Morgan fingerprint density at radius 2 is 1.88 bits per heavy atom. The minimum absolute atomic E-state index is 0. The summed E-state index contributed by atoms with van der Waals surface area (Å²) in [5.74, 6) is 1.21. The molecule has 0 saturated heterocycles. The summed E-state index contributed by atoms with van der Waals surface area (Å²) in [6.07, 6.45) is 0.625. The monoisotopic (exact) mass is 243 g/mol. The lowest BCUT2D eigenvalue weighted by Gasteiger charge is -1.90. The van der Waals surface area contributed by atoms with E-state index in [1.54, 1.807) is 0 Å². The van der Waals surface area contributed by atoms with Crippen molar-refractivity contribution in [1.82, 2.24) is 10.1 Å². The molecule has 6 heteroatoms. The fourth-order valence-corrected chi connectivity index (χ4v) is 1.18. The van der Waals surface area contributed by atoms with Gasteiger partial charge in [-0.1, -0.05) is 35.5 Å². The van der Waals surface area contributed by atoms with Gasteiger partial charge >= 0.3 is 0 Å². The van der Waals surface area contributed by atoms with Gasteiger partial charge in [-0.05, 0) is 0 Å². The molecule has 2 aromatic rings. The Morgan fingerprint density at radius 3 is 2.50 bits per heavy atom. The molecule has 1 aromatic heterocycles. The predicted octanol–water partition coefficient (Wildman–Crippen LogP) is 0.835. The van der Waals surface area contributed by atoms with Gasteiger partial charge in [-0.25, -0.2) is 0 Å². The summed E-state index contributed by atoms with van der Waals surface area (Å²) in [4.78, 5) is 4.21. The molecule has 0 atom stereocenters. The van der Waals surface area contributed by atoms with E-state index in [2.05, 4.69) is 10.1 Å². The summed E-state index contributed by atoms with van der Waals surface area (Å²) in [5, 5.41) is 3.86. The molecule has 2 rings (SSSR count). The predicted molar refractivity (Wildman–Crippen MR) is 63.4 cm³/mol. The second kappa shape index (κ2) is 6.95. The highest BCUT2D eigenvalue weighted by molar-refractivity contribution is 5.85. The largest absolute Gasteiger partial charge is 0.412 e. The van der Waals surface area contributed by atoms with Crippen LogP contribution < -0.4 is 5.73 Å². The fourth-order valence-electron chi connectivity index (χ4n) is 1.18. The number of benzene rings is 1. The smallest absolute Gasteiger partial charge is 0.228 e. The van der Waals surface area contributed by atoms with E-state index in [0.717, 1.165) is 5.56 Å². The third-order valence-electron chi connectivity index (χ3n) is 1.86. The topological polar surface area (TPSA) is 96.4 Å². The quantitative estimate of drug-likeness (QED) is 0.864. The standard InChI is InChI=1S/C10H11N3O.ClH.H2O/c11-7-6-9-12-10(13-14-9)8-4-2-1-3-5-8;;/h1-5H,6-7,11H2;1H;1H2. The Labute approximate surface area is 99.4 Å². The first-order valence-electron chi connectivity index (χ1n) is 4.48. The Bertz CT molecular complexity index is 405. The molecule has 1 aromatic carbocycles. The zero-order valence-electron chi connectivity index (χ0n) is 8.59. The van der Waals surface area contributed by atoms with Crippen LogP contribution in [0.5, 0.6) is 0 Å². The number of hydrogen-bond donors (Lipinski definition) is 1. The van der Waals surface area contributed by atoms with E-state index in [0.29, 0.717) is 24.7 Å². The molecular weight excluding hydrogens is 230 g/mol. The van der Waals surface area contributed by atoms with Crippen LogP contribution in [0.1, 0.15) is 5.89 Å². The first-order chi connectivity index (χ1) is 6.90. The minimum Gasteiger partial charge on any atom is -0.412 e. The van der Waals surface area contributed by atoms with Crippen LogP contribution in [-0.2, 0) is 6.42 Å².